The van der Waals surface area contributed by atoms with Gasteiger partial charge in [0.1, 0.15) is 0 Å². The first kappa shape index (κ1) is 15.2. The molecule has 0 spiro atoms. The van der Waals surface area contributed by atoms with Crippen molar-refractivity contribution in [3.63, 3.8) is 0 Å². The number of hydrogen-bond donors (Lipinski definition) is 3. The number of rotatable bonds is 4. The highest BCUT2D eigenvalue weighted by atomic mass is 35.5. The van der Waals surface area contributed by atoms with Crippen LogP contribution in [0.3, 0.4) is 0 Å². The Hall–Kier alpha value is -0.810. The molecule has 1 saturated carbocycles. The Morgan fingerprint density at radius 3 is 2.50 bits per heavy atom. The Morgan fingerprint density at radius 2 is 2.00 bits per heavy atom. The second-order valence-corrected chi connectivity index (χ2v) is 4.06. The number of hydrogen-bond acceptors (Lipinski definition) is 3. The molecule has 2 unspecified atom stereocenters. The van der Waals surface area contributed by atoms with E-state index in [1.807, 2.05) is 0 Å². The molecule has 0 saturated heterocycles. The van der Waals surface area contributed by atoms with E-state index in [9.17, 15) is 9.59 Å². The quantitative estimate of drug-likeness (QED) is 0.645. The topological polar surface area (TPSA) is 84.2 Å². The number of nitrogens with two attached hydrogens (primary N) is 1. The SMILES string of the molecule is CC1CCCC1NC(=O)CNC(=O)CN.Cl. The lowest BCUT2D eigenvalue weighted by atomic mass is 10.1. The number of carbonyl (C=O) groups excluding carboxylic acids is 2. The van der Waals surface area contributed by atoms with Crippen molar-refractivity contribution in [2.24, 2.45) is 11.7 Å². The van der Waals surface area contributed by atoms with Gasteiger partial charge in [-0.1, -0.05) is 13.3 Å². The molecule has 1 rings (SSSR count). The van der Waals surface area contributed by atoms with Gasteiger partial charge in [0.05, 0.1) is 13.1 Å². The highest BCUT2D eigenvalue weighted by molar-refractivity contribution is 5.85. The molecule has 1 aliphatic rings. The molecular formula is C10H20ClN3O2. The Bertz CT molecular complexity index is 248. The average molecular weight is 250 g/mol. The monoisotopic (exact) mass is 249 g/mol. The Kier molecular flexibility index (Phi) is 7.08. The third-order valence-electron chi connectivity index (χ3n) is 2.84. The third-order valence-corrected chi connectivity index (χ3v) is 2.84. The van der Waals surface area contributed by atoms with E-state index in [2.05, 4.69) is 17.6 Å². The second-order valence-electron chi connectivity index (χ2n) is 4.06. The summed E-state index contributed by atoms with van der Waals surface area (Å²) in [7, 11) is 0. The lowest BCUT2D eigenvalue weighted by molar-refractivity contribution is -0.125. The first-order valence-corrected chi connectivity index (χ1v) is 5.39. The minimum atomic E-state index is -0.301. The van der Waals surface area contributed by atoms with Gasteiger partial charge in [-0.25, -0.2) is 0 Å². The van der Waals surface area contributed by atoms with Crippen LogP contribution in [0.2, 0.25) is 0 Å². The molecule has 4 N–H and O–H groups in total. The van der Waals surface area contributed by atoms with Gasteiger partial charge in [-0.2, -0.15) is 0 Å². The smallest absolute Gasteiger partial charge is 0.239 e. The lowest BCUT2D eigenvalue weighted by Gasteiger charge is -2.17. The summed E-state index contributed by atoms with van der Waals surface area (Å²) < 4.78 is 0. The lowest BCUT2D eigenvalue weighted by Crippen LogP contribution is -2.44. The molecule has 0 aliphatic heterocycles. The van der Waals surface area contributed by atoms with Gasteiger partial charge in [0, 0.05) is 6.04 Å². The maximum absolute atomic E-state index is 11.4. The fourth-order valence-electron chi connectivity index (χ4n) is 1.87. The predicted octanol–water partition coefficient (Wildman–Crippen LogP) is -0.212. The molecule has 5 nitrogen and oxygen atoms in total. The summed E-state index contributed by atoms with van der Waals surface area (Å²) in [6.07, 6.45) is 3.37. The van der Waals surface area contributed by atoms with Crippen LogP contribution in [-0.2, 0) is 9.59 Å². The molecule has 0 radical (unpaired) electrons. The summed E-state index contributed by atoms with van der Waals surface area (Å²) in [6.45, 7) is 2.09. The molecule has 6 heteroatoms. The summed E-state index contributed by atoms with van der Waals surface area (Å²) in [4.78, 5) is 22.2. The Balaban J connectivity index is 0.00000225. The van der Waals surface area contributed by atoms with Crippen LogP contribution in [0.4, 0.5) is 0 Å². The first-order valence-electron chi connectivity index (χ1n) is 5.39. The van der Waals surface area contributed by atoms with Crippen molar-refractivity contribution in [2.45, 2.75) is 32.2 Å². The normalized spacial score (nSPS) is 23.4. The van der Waals surface area contributed by atoms with Gasteiger partial charge in [-0.15, -0.1) is 12.4 Å². The minimum absolute atomic E-state index is 0. The fraction of sp³-hybridized carbons (Fsp3) is 0.800. The van der Waals surface area contributed by atoms with Crippen LogP contribution in [0.1, 0.15) is 26.2 Å². The van der Waals surface area contributed by atoms with Crippen LogP contribution < -0.4 is 16.4 Å². The predicted molar refractivity (Wildman–Crippen MR) is 64.3 cm³/mol. The highest BCUT2D eigenvalue weighted by Gasteiger charge is 2.24. The molecule has 2 amide bonds. The molecule has 94 valence electrons. The molecule has 0 heterocycles. The van der Waals surface area contributed by atoms with Crippen molar-refractivity contribution < 1.29 is 9.59 Å². The number of nitrogens with one attached hydrogen (secondary N) is 2. The van der Waals surface area contributed by atoms with Crippen molar-refractivity contribution in [1.82, 2.24) is 10.6 Å². The molecule has 0 bridgehead atoms. The Morgan fingerprint density at radius 1 is 1.31 bits per heavy atom. The molecule has 1 fully saturated rings. The minimum Gasteiger partial charge on any atom is -0.352 e. The van der Waals surface area contributed by atoms with E-state index < -0.39 is 0 Å². The van der Waals surface area contributed by atoms with Gasteiger partial charge < -0.3 is 16.4 Å². The maximum Gasteiger partial charge on any atom is 0.239 e. The van der Waals surface area contributed by atoms with E-state index in [0.717, 1.165) is 6.42 Å². The van der Waals surface area contributed by atoms with E-state index in [1.165, 1.54) is 12.8 Å². The molecule has 0 aromatic heterocycles. The van der Waals surface area contributed by atoms with Gasteiger partial charge in [0.15, 0.2) is 0 Å². The molecular weight excluding hydrogens is 230 g/mol. The van der Waals surface area contributed by atoms with Crippen molar-refractivity contribution >= 4 is 24.2 Å². The van der Waals surface area contributed by atoms with Crippen molar-refractivity contribution in [1.29, 1.82) is 0 Å². The third kappa shape index (κ3) is 4.81. The van der Waals surface area contributed by atoms with Crippen LogP contribution >= 0.6 is 12.4 Å². The van der Waals surface area contributed by atoms with Crippen LogP contribution in [0.25, 0.3) is 0 Å². The highest BCUT2D eigenvalue weighted by Crippen LogP contribution is 2.24. The number of amides is 2. The van der Waals surface area contributed by atoms with Crippen LogP contribution in [0, 0.1) is 5.92 Å². The Labute approximate surface area is 102 Å². The fourth-order valence-corrected chi connectivity index (χ4v) is 1.87. The summed E-state index contributed by atoms with van der Waals surface area (Å²) >= 11 is 0. The van der Waals surface area contributed by atoms with E-state index >= 15 is 0 Å². The van der Waals surface area contributed by atoms with Crippen LogP contribution in [-0.4, -0.2) is 30.9 Å². The summed E-state index contributed by atoms with van der Waals surface area (Å²) in [5.74, 6) is 0.110. The zero-order chi connectivity index (χ0) is 11.3. The average Bonchev–Trinajstić information content (AvgIpc) is 2.61. The number of halogens is 1. The molecule has 16 heavy (non-hydrogen) atoms. The van der Waals surface area contributed by atoms with Crippen molar-refractivity contribution in [2.75, 3.05) is 13.1 Å². The molecule has 0 aromatic rings. The summed E-state index contributed by atoms with van der Waals surface area (Å²) in [5.41, 5.74) is 5.10. The largest absolute Gasteiger partial charge is 0.352 e. The maximum atomic E-state index is 11.4. The van der Waals surface area contributed by atoms with Gasteiger partial charge in [0.25, 0.3) is 0 Å². The van der Waals surface area contributed by atoms with Crippen molar-refractivity contribution in [3.05, 3.63) is 0 Å². The van der Waals surface area contributed by atoms with E-state index in [-0.39, 0.29) is 43.4 Å². The zero-order valence-corrected chi connectivity index (χ0v) is 10.3. The molecule has 0 aromatic carbocycles. The van der Waals surface area contributed by atoms with E-state index in [1.54, 1.807) is 0 Å². The molecule has 1 aliphatic carbocycles. The van der Waals surface area contributed by atoms with Crippen molar-refractivity contribution in [3.8, 4) is 0 Å². The van der Waals surface area contributed by atoms with E-state index in [0.29, 0.717) is 5.92 Å². The van der Waals surface area contributed by atoms with Crippen LogP contribution in [0.5, 0.6) is 0 Å². The van der Waals surface area contributed by atoms with Gasteiger partial charge in [0.2, 0.25) is 11.8 Å². The van der Waals surface area contributed by atoms with Gasteiger partial charge >= 0.3 is 0 Å². The van der Waals surface area contributed by atoms with E-state index in [4.69, 9.17) is 5.73 Å². The summed E-state index contributed by atoms with van der Waals surface area (Å²) in [6, 6.07) is 0.271. The standard InChI is InChI=1S/C10H19N3O2.ClH/c1-7-3-2-4-8(7)13-10(15)6-12-9(14)5-11;/h7-8H,2-6,11H2,1H3,(H,12,14)(H,13,15);1H. The van der Waals surface area contributed by atoms with Crippen LogP contribution in [0.15, 0.2) is 0 Å². The zero-order valence-electron chi connectivity index (χ0n) is 9.49. The first-order chi connectivity index (χ1) is 7.13. The molecule has 2 atom stereocenters. The summed E-state index contributed by atoms with van der Waals surface area (Å²) in [5, 5.41) is 5.36. The van der Waals surface area contributed by atoms with Gasteiger partial charge in [-0.05, 0) is 18.8 Å². The number of carbonyl (C=O) groups is 2. The second kappa shape index (κ2) is 7.46. The van der Waals surface area contributed by atoms with Gasteiger partial charge in [-0.3, -0.25) is 9.59 Å².